The Morgan fingerprint density at radius 2 is 1.63 bits per heavy atom. The Kier molecular flexibility index (Phi) is 8.44. The van der Waals surface area contributed by atoms with Gasteiger partial charge in [0.25, 0.3) is 11.5 Å². The number of carbonyl (C=O) groups is 3. The first-order chi connectivity index (χ1) is 17.0. The van der Waals surface area contributed by atoms with E-state index in [1.165, 1.54) is 16.8 Å². The van der Waals surface area contributed by atoms with Crippen molar-refractivity contribution in [3.63, 3.8) is 0 Å². The predicted octanol–water partition coefficient (Wildman–Crippen LogP) is 0.959. The first-order valence-corrected chi connectivity index (χ1v) is 12.2. The van der Waals surface area contributed by atoms with Crippen LogP contribution in [0.15, 0.2) is 59.5 Å². The minimum Gasteiger partial charge on any atom is -0.379 e. The van der Waals surface area contributed by atoms with Crippen LogP contribution in [0.5, 0.6) is 0 Å². The number of morpholine rings is 1. The first kappa shape index (κ1) is 24.8. The Morgan fingerprint density at radius 3 is 2.31 bits per heavy atom. The number of benzene rings is 1. The van der Waals surface area contributed by atoms with Crippen LogP contribution < -0.4 is 10.9 Å². The number of hydrogen-bond donors (Lipinski definition) is 1. The summed E-state index contributed by atoms with van der Waals surface area (Å²) >= 11 is 0. The van der Waals surface area contributed by atoms with E-state index in [9.17, 15) is 19.2 Å². The molecule has 9 heteroatoms. The van der Waals surface area contributed by atoms with E-state index in [4.69, 9.17) is 4.74 Å². The normalized spacial score (nSPS) is 18.1. The standard InChI is InChI=1S/C26H32N4O5/c31-22-8-4-5-12-30(22)23(24(32)20-6-2-1-3-7-20)26(34)29-13-9-21(10-14-29)25(33)27-11-15-28-16-18-35-19-17-28/h1-8,12,21,23H,9-11,13-19H2,(H,27,33). The summed E-state index contributed by atoms with van der Waals surface area (Å²) in [7, 11) is 0. The van der Waals surface area contributed by atoms with Crippen LogP contribution in [0.2, 0.25) is 0 Å². The van der Waals surface area contributed by atoms with Crippen molar-refractivity contribution < 1.29 is 19.1 Å². The molecular formula is C26H32N4O5. The van der Waals surface area contributed by atoms with Crippen LogP contribution in [-0.4, -0.2) is 84.4 Å². The first-order valence-electron chi connectivity index (χ1n) is 12.2. The van der Waals surface area contributed by atoms with Crippen molar-refractivity contribution in [1.82, 2.24) is 19.7 Å². The molecule has 0 spiro atoms. The van der Waals surface area contributed by atoms with Crippen LogP contribution in [0.25, 0.3) is 0 Å². The Bertz CT molecular complexity index is 1070. The zero-order valence-electron chi connectivity index (χ0n) is 19.8. The number of hydrogen-bond acceptors (Lipinski definition) is 6. The quantitative estimate of drug-likeness (QED) is 0.446. The molecule has 0 aliphatic carbocycles. The number of aromatic nitrogens is 1. The molecule has 1 N–H and O–H groups in total. The number of ketones is 1. The van der Waals surface area contributed by atoms with Gasteiger partial charge < -0.3 is 15.0 Å². The maximum Gasteiger partial charge on any atom is 0.253 e. The maximum absolute atomic E-state index is 13.5. The highest BCUT2D eigenvalue weighted by molar-refractivity contribution is 6.11. The topological polar surface area (TPSA) is 101 Å². The minimum atomic E-state index is -1.27. The summed E-state index contributed by atoms with van der Waals surface area (Å²) < 4.78 is 6.54. The lowest BCUT2D eigenvalue weighted by Gasteiger charge is -2.34. The SMILES string of the molecule is O=C(NCCN1CCOCC1)C1CCN(C(=O)C(C(=O)c2ccccc2)n2ccccc2=O)CC1. The molecule has 1 aromatic heterocycles. The summed E-state index contributed by atoms with van der Waals surface area (Å²) in [4.78, 5) is 55.9. The summed E-state index contributed by atoms with van der Waals surface area (Å²) in [5, 5.41) is 3.02. The second-order valence-corrected chi connectivity index (χ2v) is 8.92. The van der Waals surface area contributed by atoms with Gasteiger partial charge in [0.15, 0.2) is 11.8 Å². The number of likely N-dealkylation sites (tertiary alicyclic amines) is 1. The summed E-state index contributed by atoms with van der Waals surface area (Å²) in [6.45, 7) is 5.31. The second-order valence-electron chi connectivity index (χ2n) is 8.92. The van der Waals surface area contributed by atoms with Crippen LogP contribution in [0.1, 0.15) is 29.2 Å². The van der Waals surface area contributed by atoms with Crippen molar-refractivity contribution in [3.05, 3.63) is 70.6 Å². The second kappa shape index (κ2) is 11.9. The smallest absolute Gasteiger partial charge is 0.253 e. The Hall–Kier alpha value is -3.30. The lowest BCUT2D eigenvalue weighted by atomic mass is 9.94. The molecule has 4 rings (SSSR count). The molecule has 3 heterocycles. The fraction of sp³-hybridized carbons (Fsp3) is 0.462. The lowest BCUT2D eigenvalue weighted by molar-refractivity contribution is -0.137. The number of amides is 2. The molecule has 0 bridgehead atoms. The largest absolute Gasteiger partial charge is 0.379 e. The summed E-state index contributed by atoms with van der Waals surface area (Å²) in [5.41, 5.74) is -0.0409. The summed E-state index contributed by atoms with van der Waals surface area (Å²) in [6, 6.07) is 11.8. The minimum absolute atomic E-state index is 0.00143. The van der Waals surface area contributed by atoms with Crippen LogP contribution in [0.3, 0.4) is 0 Å². The number of pyridine rings is 1. The Morgan fingerprint density at radius 1 is 0.943 bits per heavy atom. The van der Waals surface area contributed by atoms with Crippen molar-refractivity contribution >= 4 is 17.6 Å². The van der Waals surface area contributed by atoms with Gasteiger partial charge in [0.05, 0.1) is 13.2 Å². The summed E-state index contributed by atoms with van der Waals surface area (Å²) in [6.07, 6.45) is 2.51. The number of nitrogens with one attached hydrogen (secondary N) is 1. The molecule has 1 aromatic carbocycles. The van der Waals surface area contributed by atoms with Gasteiger partial charge >= 0.3 is 0 Å². The third kappa shape index (κ3) is 6.23. The lowest BCUT2D eigenvalue weighted by Crippen LogP contribution is -2.49. The van der Waals surface area contributed by atoms with Crippen LogP contribution >= 0.6 is 0 Å². The van der Waals surface area contributed by atoms with E-state index in [-0.39, 0.29) is 11.8 Å². The average molecular weight is 481 g/mol. The number of carbonyl (C=O) groups excluding carboxylic acids is 3. The van der Waals surface area contributed by atoms with E-state index < -0.39 is 23.3 Å². The van der Waals surface area contributed by atoms with Crippen molar-refractivity contribution in [2.45, 2.75) is 18.9 Å². The molecule has 186 valence electrons. The molecule has 2 saturated heterocycles. The van der Waals surface area contributed by atoms with Gasteiger partial charge in [-0.2, -0.15) is 0 Å². The highest BCUT2D eigenvalue weighted by Crippen LogP contribution is 2.22. The van der Waals surface area contributed by atoms with E-state index in [1.807, 2.05) is 0 Å². The van der Waals surface area contributed by atoms with Crippen molar-refractivity contribution in [2.24, 2.45) is 5.92 Å². The molecule has 2 aliphatic rings. The monoisotopic (exact) mass is 480 g/mol. The van der Waals surface area contributed by atoms with Gasteiger partial charge in [-0.3, -0.25) is 28.6 Å². The van der Waals surface area contributed by atoms with E-state index in [2.05, 4.69) is 10.2 Å². The Labute approximate surface area is 204 Å². The predicted molar refractivity (Wildman–Crippen MR) is 130 cm³/mol. The molecule has 2 amide bonds. The van der Waals surface area contributed by atoms with Gasteiger partial charge in [-0.05, 0) is 18.9 Å². The zero-order valence-corrected chi connectivity index (χ0v) is 19.8. The van der Waals surface area contributed by atoms with Gasteiger partial charge in [-0.1, -0.05) is 36.4 Å². The van der Waals surface area contributed by atoms with Gasteiger partial charge in [-0.15, -0.1) is 0 Å². The van der Waals surface area contributed by atoms with Crippen LogP contribution in [0.4, 0.5) is 0 Å². The van der Waals surface area contributed by atoms with E-state index in [0.717, 1.165) is 32.8 Å². The highest BCUT2D eigenvalue weighted by Gasteiger charge is 2.36. The van der Waals surface area contributed by atoms with Crippen molar-refractivity contribution in [1.29, 1.82) is 0 Å². The van der Waals surface area contributed by atoms with Crippen LogP contribution in [0, 0.1) is 5.92 Å². The molecule has 1 unspecified atom stereocenters. The van der Waals surface area contributed by atoms with Crippen molar-refractivity contribution in [2.75, 3.05) is 52.5 Å². The number of ether oxygens (including phenoxy) is 1. The Balaban J connectivity index is 1.37. The van der Waals surface area contributed by atoms with Gasteiger partial charge in [0, 0.05) is 63.0 Å². The molecule has 35 heavy (non-hydrogen) atoms. The molecule has 2 fully saturated rings. The van der Waals surface area contributed by atoms with E-state index in [0.29, 0.717) is 38.0 Å². The molecule has 1 atom stereocenters. The molecule has 9 nitrogen and oxygen atoms in total. The number of rotatable bonds is 8. The summed E-state index contributed by atoms with van der Waals surface area (Å²) in [5.74, 6) is -1.02. The van der Waals surface area contributed by atoms with Crippen LogP contribution in [-0.2, 0) is 14.3 Å². The van der Waals surface area contributed by atoms with Gasteiger partial charge in [0.2, 0.25) is 5.91 Å². The third-order valence-electron chi connectivity index (χ3n) is 6.68. The van der Waals surface area contributed by atoms with Gasteiger partial charge in [-0.25, -0.2) is 0 Å². The molecule has 2 aliphatic heterocycles. The molecule has 2 aromatic rings. The molecule has 0 radical (unpaired) electrons. The fourth-order valence-corrected chi connectivity index (χ4v) is 4.61. The third-order valence-corrected chi connectivity index (χ3v) is 6.68. The maximum atomic E-state index is 13.5. The van der Waals surface area contributed by atoms with E-state index in [1.54, 1.807) is 47.4 Å². The number of Topliss-reactive ketones (excluding diaryl/α,β-unsaturated/α-hetero) is 1. The highest BCUT2D eigenvalue weighted by atomic mass is 16.5. The number of piperidine rings is 1. The fourth-order valence-electron chi connectivity index (χ4n) is 4.61. The number of nitrogens with zero attached hydrogens (tertiary/aromatic N) is 3. The van der Waals surface area contributed by atoms with E-state index >= 15 is 0 Å². The average Bonchev–Trinajstić information content (AvgIpc) is 2.91. The zero-order chi connectivity index (χ0) is 24.6. The molecule has 0 saturated carbocycles. The molecular weight excluding hydrogens is 448 g/mol. The van der Waals surface area contributed by atoms with Crippen molar-refractivity contribution in [3.8, 4) is 0 Å². The van der Waals surface area contributed by atoms with Gasteiger partial charge in [0.1, 0.15) is 0 Å².